The molecule has 0 amide bonds. The van der Waals surface area contributed by atoms with E-state index in [1.54, 1.807) is 0 Å². The number of hydrogen-bond donors (Lipinski definition) is 4. The summed E-state index contributed by atoms with van der Waals surface area (Å²) in [5.74, 6) is -1.98. The topological polar surface area (TPSA) is 186 Å². The standard InChI is InChI=1S/C44H82O12S/c1-3-5-7-9-11-13-15-17-18-19-20-21-23-25-27-29-31-33-40(46)55-37(35-54-44-43(49)42(48)41(47)38(56-44)36-57(50,51)52)34-53-39(45)32-30-28-26-24-22-16-14-12-10-8-6-4-2/h12,14,37-38,41-44,47-49H,3-11,13,15-36H2,1-2H3,(H,50,51,52)/b14-12+/t37-,38-,41-,42?,43?,44+/m1/s1. The highest BCUT2D eigenvalue weighted by molar-refractivity contribution is 7.85. The lowest BCUT2D eigenvalue weighted by Gasteiger charge is -2.40. The van der Waals surface area contributed by atoms with Crippen molar-refractivity contribution in [1.82, 2.24) is 0 Å². The summed E-state index contributed by atoms with van der Waals surface area (Å²) in [6.45, 7) is 3.74. The van der Waals surface area contributed by atoms with E-state index in [1.165, 1.54) is 103 Å². The second-order valence-corrected chi connectivity index (χ2v) is 17.6. The highest BCUT2D eigenvalue weighted by atomic mass is 32.2. The number of rotatable bonds is 38. The van der Waals surface area contributed by atoms with Crippen molar-refractivity contribution in [1.29, 1.82) is 0 Å². The predicted octanol–water partition coefficient (Wildman–Crippen LogP) is 9.06. The summed E-state index contributed by atoms with van der Waals surface area (Å²) in [5.41, 5.74) is 0. The Labute approximate surface area is 346 Å². The molecule has 1 aliphatic rings. The maximum Gasteiger partial charge on any atom is 0.306 e. The van der Waals surface area contributed by atoms with E-state index < -0.39 is 71.2 Å². The summed E-state index contributed by atoms with van der Waals surface area (Å²) >= 11 is 0. The molecule has 6 atom stereocenters. The zero-order valence-electron chi connectivity index (χ0n) is 35.7. The van der Waals surface area contributed by atoms with Gasteiger partial charge in [-0.3, -0.25) is 14.1 Å². The van der Waals surface area contributed by atoms with E-state index in [0.717, 1.165) is 57.8 Å². The lowest BCUT2D eigenvalue weighted by Crippen LogP contribution is -2.60. The molecule has 0 aliphatic carbocycles. The smallest absolute Gasteiger partial charge is 0.306 e. The highest BCUT2D eigenvalue weighted by Gasteiger charge is 2.46. The molecule has 12 nitrogen and oxygen atoms in total. The third-order valence-corrected chi connectivity index (χ3v) is 11.3. The van der Waals surface area contributed by atoms with Crippen molar-refractivity contribution in [2.45, 2.75) is 237 Å². The number of hydrogen-bond acceptors (Lipinski definition) is 11. The number of carbonyl (C=O) groups is 2. The van der Waals surface area contributed by atoms with Gasteiger partial charge in [-0.1, -0.05) is 161 Å². The molecule has 0 saturated carbocycles. The van der Waals surface area contributed by atoms with Gasteiger partial charge in [-0.15, -0.1) is 0 Å². The van der Waals surface area contributed by atoms with Gasteiger partial charge in [-0.05, 0) is 38.5 Å². The number of esters is 2. The fourth-order valence-electron chi connectivity index (χ4n) is 7.02. The molecule has 1 saturated heterocycles. The molecule has 0 aromatic heterocycles. The normalized spacial score (nSPS) is 20.6. The minimum absolute atomic E-state index is 0.168. The quantitative estimate of drug-likeness (QED) is 0.0200. The second kappa shape index (κ2) is 35.2. The van der Waals surface area contributed by atoms with Crippen molar-refractivity contribution in [3.05, 3.63) is 12.2 Å². The van der Waals surface area contributed by atoms with Gasteiger partial charge in [-0.2, -0.15) is 8.42 Å². The fourth-order valence-corrected chi connectivity index (χ4v) is 7.72. The van der Waals surface area contributed by atoms with Crippen LogP contribution in [-0.4, -0.2) is 96.0 Å². The van der Waals surface area contributed by atoms with Gasteiger partial charge in [0, 0.05) is 12.8 Å². The first-order valence-corrected chi connectivity index (χ1v) is 24.4. The van der Waals surface area contributed by atoms with Crippen LogP contribution in [0.3, 0.4) is 0 Å². The molecule has 1 rings (SSSR count). The first kappa shape index (κ1) is 53.4. The predicted molar refractivity (Wildman–Crippen MR) is 224 cm³/mol. The number of ether oxygens (including phenoxy) is 4. The summed E-state index contributed by atoms with van der Waals surface area (Å²) in [5, 5.41) is 30.8. The Morgan fingerprint density at radius 2 is 1.00 bits per heavy atom. The molecular weight excluding hydrogens is 753 g/mol. The Hall–Kier alpha value is -1.61. The largest absolute Gasteiger partial charge is 0.462 e. The highest BCUT2D eigenvalue weighted by Crippen LogP contribution is 2.24. The SMILES string of the molecule is CCCCC/C=C/CCCCCCCC(=O)OC[C@H](CO[C@H]1O[C@H](CS(=O)(=O)O)[C@@H](O)C(O)C1O)OC(=O)CCCCCCCCCCCCCCCCCCC. The maximum absolute atomic E-state index is 12.8. The van der Waals surface area contributed by atoms with Crippen molar-refractivity contribution in [3.63, 3.8) is 0 Å². The van der Waals surface area contributed by atoms with Gasteiger partial charge >= 0.3 is 11.9 Å². The van der Waals surface area contributed by atoms with Gasteiger partial charge in [0.05, 0.1) is 6.61 Å². The average Bonchev–Trinajstić information content (AvgIpc) is 3.17. The van der Waals surface area contributed by atoms with Crippen LogP contribution in [0.1, 0.15) is 200 Å². The van der Waals surface area contributed by atoms with Crippen LogP contribution in [0.5, 0.6) is 0 Å². The molecule has 336 valence electrons. The summed E-state index contributed by atoms with van der Waals surface area (Å²) in [4.78, 5) is 25.4. The molecule has 4 N–H and O–H groups in total. The van der Waals surface area contributed by atoms with E-state index in [1.807, 2.05) is 0 Å². The number of aliphatic hydroxyl groups is 3. The zero-order valence-corrected chi connectivity index (χ0v) is 36.5. The summed E-state index contributed by atoms with van der Waals surface area (Å²) in [6, 6.07) is 0. The molecule has 1 fully saturated rings. The van der Waals surface area contributed by atoms with Gasteiger partial charge in [0.2, 0.25) is 0 Å². The molecule has 2 unspecified atom stereocenters. The first-order valence-electron chi connectivity index (χ1n) is 22.7. The lowest BCUT2D eigenvalue weighted by atomic mass is 10.00. The van der Waals surface area contributed by atoms with Crippen LogP contribution in [-0.2, 0) is 38.7 Å². The van der Waals surface area contributed by atoms with Crippen molar-refractivity contribution < 1.29 is 56.8 Å². The van der Waals surface area contributed by atoms with Crippen LogP contribution in [0.15, 0.2) is 12.2 Å². The van der Waals surface area contributed by atoms with Gasteiger partial charge in [0.25, 0.3) is 10.1 Å². The van der Waals surface area contributed by atoms with E-state index in [4.69, 9.17) is 18.9 Å². The summed E-state index contributed by atoms with van der Waals surface area (Å²) < 4.78 is 54.0. The minimum atomic E-state index is -4.60. The first-order chi connectivity index (χ1) is 27.5. The van der Waals surface area contributed by atoms with Crippen molar-refractivity contribution in [3.8, 4) is 0 Å². The van der Waals surface area contributed by atoms with Crippen LogP contribution in [0.25, 0.3) is 0 Å². The Balaban J connectivity index is 2.43. The molecule has 0 aromatic carbocycles. The third-order valence-electron chi connectivity index (χ3n) is 10.6. The van der Waals surface area contributed by atoms with Crippen LogP contribution >= 0.6 is 0 Å². The van der Waals surface area contributed by atoms with Gasteiger partial charge < -0.3 is 34.3 Å². The minimum Gasteiger partial charge on any atom is -0.462 e. The molecular formula is C44H82O12S. The van der Waals surface area contributed by atoms with Gasteiger partial charge in [-0.25, -0.2) is 0 Å². The van der Waals surface area contributed by atoms with Gasteiger partial charge in [0.15, 0.2) is 12.4 Å². The van der Waals surface area contributed by atoms with E-state index in [2.05, 4.69) is 26.0 Å². The van der Waals surface area contributed by atoms with Crippen LogP contribution in [0.4, 0.5) is 0 Å². The molecule has 57 heavy (non-hydrogen) atoms. The number of allylic oxidation sites excluding steroid dienone is 2. The maximum atomic E-state index is 12.8. The Morgan fingerprint density at radius 3 is 1.49 bits per heavy atom. The Bertz CT molecular complexity index is 1120. The second-order valence-electron chi connectivity index (χ2n) is 16.1. The van der Waals surface area contributed by atoms with E-state index in [9.17, 15) is 37.9 Å². The molecule has 1 aliphatic heterocycles. The molecule has 13 heteroatoms. The Morgan fingerprint density at radius 1 is 0.579 bits per heavy atom. The van der Waals surface area contributed by atoms with Gasteiger partial charge in [0.1, 0.15) is 36.8 Å². The monoisotopic (exact) mass is 835 g/mol. The van der Waals surface area contributed by atoms with Crippen molar-refractivity contribution in [2.75, 3.05) is 19.0 Å². The molecule has 0 aromatic rings. The Kier molecular flexibility index (Phi) is 33.0. The fraction of sp³-hybridized carbons (Fsp3) is 0.909. The molecule has 1 heterocycles. The molecule has 0 radical (unpaired) electrons. The molecule has 0 spiro atoms. The van der Waals surface area contributed by atoms with Crippen molar-refractivity contribution in [2.24, 2.45) is 0 Å². The van der Waals surface area contributed by atoms with Crippen LogP contribution < -0.4 is 0 Å². The third kappa shape index (κ3) is 30.1. The summed E-state index contributed by atoms with van der Waals surface area (Å²) in [7, 11) is -4.60. The zero-order chi connectivity index (χ0) is 42.0. The van der Waals surface area contributed by atoms with Crippen LogP contribution in [0, 0.1) is 0 Å². The summed E-state index contributed by atoms with van der Waals surface area (Å²) in [6.07, 6.45) is 26.9. The van der Waals surface area contributed by atoms with Crippen LogP contribution in [0.2, 0.25) is 0 Å². The van der Waals surface area contributed by atoms with E-state index in [-0.39, 0.29) is 19.4 Å². The number of aliphatic hydroxyl groups excluding tert-OH is 3. The number of carbonyl (C=O) groups excluding carboxylic acids is 2. The van der Waals surface area contributed by atoms with E-state index >= 15 is 0 Å². The molecule has 0 bridgehead atoms. The lowest BCUT2D eigenvalue weighted by molar-refractivity contribution is -0.297. The number of unbranched alkanes of at least 4 members (excludes halogenated alkanes) is 24. The average molecular weight is 835 g/mol. The van der Waals surface area contributed by atoms with Crippen molar-refractivity contribution >= 4 is 22.1 Å². The van der Waals surface area contributed by atoms with E-state index in [0.29, 0.717) is 12.8 Å².